The highest BCUT2D eigenvalue weighted by Gasteiger charge is 2.38. The van der Waals surface area contributed by atoms with Gasteiger partial charge >= 0.3 is 12.0 Å². The molecule has 2 N–H and O–H groups in total. The van der Waals surface area contributed by atoms with Crippen molar-refractivity contribution in [1.29, 1.82) is 0 Å². The third-order valence-electron chi connectivity index (χ3n) is 3.50. The monoisotopic (exact) mass is 360 g/mol. The van der Waals surface area contributed by atoms with Gasteiger partial charge in [-0.15, -0.1) is 0 Å². The second kappa shape index (κ2) is 6.01. The first-order valence-corrected chi connectivity index (χ1v) is 7.32. The molecular weight excluding hydrogens is 348 g/mol. The maximum absolute atomic E-state index is 12.2. The molecule has 5 nitrogen and oxygen atoms in total. The zero-order valence-electron chi connectivity index (χ0n) is 10.8. The van der Waals surface area contributed by atoms with Gasteiger partial charge in [0, 0.05) is 17.1 Å². The summed E-state index contributed by atoms with van der Waals surface area (Å²) in [5, 5.41) is 12.2. The quantitative estimate of drug-likeness (QED) is 0.848. The van der Waals surface area contributed by atoms with Crippen LogP contribution in [-0.4, -0.2) is 34.6 Å². The fourth-order valence-electron chi connectivity index (χ4n) is 2.34. The van der Waals surface area contributed by atoms with Crippen molar-refractivity contribution in [3.8, 4) is 0 Å². The molecule has 1 aromatic carbocycles. The molecule has 1 aromatic rings. The Kier molecular flexibility index (Phi) is 4.55. The van der Waals surface area contributed by atoms with Crippen LogP contribution in [0.3, 0.4) is 0 Å². The average molecular weight is 362 g/mol. The van der Waals surface area contributed by atoms with Crippen LogP contribution in [0, 0.1) is 5.92 Å². The molecule has 2 amide bonds. The van der Waals surface area contributed by atoms with E-state index in [1.165, 1.54) is 4.90 Å². The summed E-state index contributed by atoms with van der Waals surface area (Å²) < 4.78 is 0.801. The second-order valence-corrected chi connectivity index (χ2v) is 6.04. The van der Waals surface area contributed by atoms with Crippen molar-refractivity contribution < 1.29 is 14.7 Å². The van der Waals surface area contributed by atoms with Gasteiger partial charge in [-0.1, -0.05) is 27.5 Å². The summed E-state index contributed by atoms with van der Waals surface area (Å²) in [4.78, 5) is 24.8. The lowest BCUT2D eigenvalue weighted by Crippen LogP contribution is -2.40. The van der Waals surface area contributed by atoms with Crippen molar-refractivity contribution in [1.82, 2.24) is 4.90 Å². The number of likely N-dealkylation sites (tertiary alicyclic amines) is 1. The van der Waals surface area contributed by atoms with Gasteiger partial charge in [0.2, 0.25) is 0 Å². The number of hydrogen-bond donors (Lipinski definition) is 2. The van der Waals surface area contributed by atoms with Gasteiger partial charge in [-0.05, 0) is 31.5 Å². The maximum atomic E-state index is 12.2. The number of amides is 2. The van der Waals surface area contributed by atoms with Gasteiger partial charge in [-0.2, -0.15) is 0 Å². The maximum Gasteiger partial charge on any atom is 0.322 e. The third kappa shape index (κ3) is 3.07. The summed E-state index contributed by atoms with van der Waals surface area (Å²) in [6.07, 6.45) is 0.468. The van der Waals surface area contributed by atoms with E-state index in [9.17, 15) is 9.59 Å². The Morgan fingerprint density at radius 1 is 1.50 bits per heavy atom. The summed E-state index contributed by atoms with van der Waals surface area (Å²) in [7, 11) is 0. The Bertz CT molecular complexity index is 552. The van der Waals surface area contributed by atoms with Crippen LogP contribution in [0.15, 0.2) is 22.7 Å². The van der Waals surface area contributed by atoms with Crippen molar-refractivity contribution in [3.05, 3.63) is 27.7 Å². The van der Waals surface area contributed by atoms with Gasteiger partial charge in [0.25, 0.3) is 0 Å². The number of halogens is 2. The molecule has 0 aromatic heterocycles. The zero-order valence-corrected chi connectivity index (χ0v) is 13.1. The fraction of sp³-hybridized carbons (Fsp3) is 0.385. The molecule has 0 bridgehead atoms. The minimum absolute atomic E-state index is 0.332. The molecule has 2 unspecified atom stereocenters. The number of carboxylic acids is 1. The Morgan fingerprint density at radius 3 is 2.80 bits per heavy atom. The van der Waals surface area contributed by atoms with Gasteiger partial charge in [0.1, 0.15) is 0 Å². The molecule has 1 saturated heterocycles. The molecule has 1 aliphatic rings. The summed E-state index contributed by atoms with van der Waals surface area (Å²) >= 11 is 9.32. The van der Waals surface area contributed by atoms with Gasteiger partial charge < -0.3 is 15.3 Å². The number of nitrogens with one attached hydrogen (secondary N) is 1. The third-order valence-corrected chi connectivity index (χ3v) is 4.33. The largest absolute Gasteiger partial charge is 0.481 e. The molecule has 0 radical (unpaired) electrons. The standard InChI is InChI=1S/C13H14BrClN2O3/c1-7-9(12(18)19)4-5-17(7)13(20)16-11-6-8(14)2-3-10(11)15/h2-3,6-7,9H,4-5H2,1H3,(H,16,20)(H,18,19). The number of carbonyl (C=O) groups is 2. The van der Waals surface area contributed by atoms with Crippen LogP contribution in [0.5, 0.6) is 0 Å². The predicted octanol–water partition coefficient (Wildman–Crippen LogP) is 3.43. The Morgan fingerprint density at radius 2 is 2.20 bits per heavy atom. The van der Waals surface area contributed by atoms with E-state index >= 15 is 0 Å². The molecule has 108 valence electrons. The zero-order chi connectivity index (χ0) is 14.9. The van der Waals surface area contributed by atoms with E-state index in [4.69, 9.17) is 16.7 Å². The molecule has 0 aliphatic carbocycles. The Labute approximate surface area is 130 Å². The minimum Gasteiger partial charge on any atom is -0.481 e. The van der Waals surface area contributed by atoms with Gasteiger partial charge in [-0.3, -0.25) is 4.79 Å². The molecular formula is C13H14BrClN2O3. The number of benzene rings is 1. The van der Waals surface area contributed by atoms with Crippen LogP contribution in [0.25, 0.3) is 0 Å². The molecule has 1 fully saturated rings. The first-order chi connectivity index (χ1) is 9.40. The number of hydrogen-bond acceptors (Lipinski definition) is 2. The Balaban J connectivity index is 2.09. The number of urea groups is 1. The molecule has 0 saturated carbocycles. The highest BCUT2D eigenvalue weighted by molar-refractivity contribution is 9.10. The molecule has 2 atom stereocenters. The summed E-state index contributed by atoms with van der Waals surface area (Å²) in [6, 6.07) is 4.49. The topological polar surface area (TPSA) is 69.6 Å². The van der Waals surface area contributed by atoms with Gasteiger partial charge in [0.15, 0.2) is 0 Å². The second-order valence-electron chi connectivity index (χ2n) is 4.72. The minimum atomic E-state index is -0.867. The van der Waals surface area contributed by atoms with Gasteiger partial charge in [-0.25, -0.2) is 4.79 Å². The number of anilines is 1. The normalized spacial score (nSPS) is 21.9. The molecule has 2 rings (SSSR count). The van der Waals surface area contributed by atoms with Crippen molar-refractivity contribution >= 4 is 45.2 Å². The van der Waals surface area contributed by atoms with E-state index in [2.05, 4.69) is 21.2 Å². The van der Waals surface area contributed by atoms with Crippen LogP contribution in [0.4, 0.5) is 10.5 Å². The van der Waals surface area contributed by atoms with Crippen LogP contribution in [-0.2, 0) is 4.79 Å². The first-order valence-electron chi connectivity index (χ1n) is 6.15. The van der Waals surface area contributed by atoms with Crippen molar-refractivity contribution in [2.45, 2.75) is 19.4 Å². The number of aliphatic carboxylic acids is 1. The van der Waals surface area contributed by atoms with E-state index in [1.807, 2.05) is 0 Å². The van der Waals surface area contributed by atoms with Crippen LogP contribution >= 0.6 is 27.5 Å². The number of nitrogens with zero attached hydrogens (tertiary/aromatic N) is 1. The van der Waals surface area contributed by atoms with E-state index in [0.29, 0.717) is 23.7 Å². The smallest absolute Gasteiger partial charge is 0.322 e. The number of carbonyl (C=O) groups excluding carboxylic acids is 1. The fourth-order valence-corrected chi connectivity index (χ4v) is 2.86. The van der Waals surface area contributed by atoms with Crippen molar-refractivity contribution in [2.24, 2.45) is 5.92 Å². The van der Waals surface area contributed by atoms with Crippen LogP contribution < -0.4 is 5.32 Å². The van der Waals surface area contributed by atoms with Crippen LogP contribution in [0.1, 0.15) is 13.3 Å². The van der Waals surface area contributed by atoms with E-state index < -0.39 is 11.9 Å². The highest BCUT2D eigenvalue weighted by Crippen LogP contribution is 2.28. The summed E-state index contributed by atoms with van der Waals surface area (Å²) in [5.74, 6) is -1.38. The summed E-state index contributed by atoms with van der Waals surface area (Å²) in [5.41, 5.74) is 0.497. The lowest BCUT2D eigenvalue weighted by molar-refractivity contribution is -0.142. The SMILES string of the molecule is CC1C(C(=O)O)CCN1C(=O)Nc1cc(Br)ccc1Cl. The van der Waals surface area contributed by atoms with Gasteiger partial charge in [0.05, 0.1) is 16.6 Å². The van der Waals surface area contributed by atoms with Crippen molar-refractivity contribution in [2.75, 3.05) is 11.9 Å². The average Bonchev–Trinajstić information content (AvgIpc) is 2.76. The number of carboxylic acid groups (broad SMARTS) is 1. The molecule has 1 heterocycles. The first kappa shape index (κ1) is 15.1. The molecule has 7 heteroatoms. The molecule has 20 heavy (non-hydrogen) atoms. The molecule has 1 aliphatic heterocycles. The molecule has 0 spiro atoms. The lowest BCUT2D eigenvalue weighted by Gasteiger charge is -2.23. The highest BCUT2D eigenvalue weighted by atomic mass is 79.9. The van der Waals surface area contributed by atoms with Crippen molar-refractivity contribution in [3.63, 3.8) is 0 Å². The van der Waals surface area contributed by atoms with Crippen LogP contribution in [0.2, 0.25) is 5.02 Å². The van der Waals surface area contributed by atoms with E-state index in [-0.39, 0.29) is 12.1 Å². The lowest BCUT2D eigenvalue weighted by atomic mass is 10.0. The predicted molar refractivity (Wildman–Crippen MR) is 80.1 cm³/mol. The Hall–Kier alpha value is -1.27. The number of rotatable bonds is 2. The van der Waals surface area contributed by atoms with E-state index in [0.717, 1.165) is 4.47 Å². The van der Waals surface area contributed by atoms with E-state index in [1.54, 1.807) is 25.1 Å². The summed E-state index contributed by atoms with van der Waals surface area (Å²) in [6.45, 7) is 2.17.